The van der Waals surface area contributed by atoms with Crippen LogP contribution in [0.5, 0.6) is 0 Å². The third-order valence-electron chi connectivity index (χ3n) is 2.40. The highest BCUT2D eigenvalue weighted by Crippen LogP contribution is 2.29. The van der Waals surface area contributed by atoms with Crippen molar-refractivity contribution in [3.63, 3.8) is 0 Å². The van der Waals surface area contributed by atoms with Gasteiger partial charge < -0.3 is 0 Å². The van der Waals surface area contributed by atoms with E-state index in [1.54, 1.807) is 0 Å². The van der Waals surface area contributed by atoms with Crippen LogP contribution in [0.25, 0.3) is 10.4 Å². The molecule has 1 heterocycles. The molecule has 0 saturated carbocycles. The zero-order chi connectivity index (χ0) is 13.9. The molecule has 4 heteroatoms. The number of rotatable bonds is 1. The lowest BCUT2D eigenvalue weighted by atomic mass is 10.1. The molecule has 1 aromatic carbocycles. The van der Waals surface area contributed by atoms with E-state index in [0.717, 1.165) is 10.4 Å². The van der Waals surface area contributed by atoms with E-state index >= 15 is 0 Å². The molecular weight excluding hydrogens is 268 g/mol. The summed E-state index contributed by atoms with van der Waals surface area (Å²) in [6.07, 6.45) is 0. The van der Waals surface area contributed by atoms with Gasteiger partial charge in [-0.3, -0.25) is 0 Å². The van der Waals surface area contributed by atoms with Crippen molar-refractivity contribution >= 4 is 19.6 Å². The molecule has 0 saturated heterocycles. The first-order valence-corrected chi connectivity index (χ1v) is 10.3. The summed E-state index contributed by atoms with van der Waals surface area (Å²) >= 11 is 1.34. The lowest BCUT2D eigenvalue weighted by Crippen LogP contribution is -2.16. The summed E-state index contributed by atoms with van der Waals surface area (Å²) in [6, 6.07) is 12.1. The molecule has 0 aliphatic heterocycles. The van der Waals surface area contributed by atoms with Crippen LogP contribution in [0.3, 0.4) is 0 Å². The van der Waals surface area contributed by atoms with Crippen LogP contribution in [0.2, 0.25) is 19.6 Å². The molecule has 94 valence electrons. The molecule has 2 aromatic rings. The highest BCUT2D eigenvalue weighted by Gasteiger charge is 2.14. The SMILES string of the molecule is C[Si](C)(C)C#Cc1nsc(-c2ccccc2)c1C#N. The Bertz CT molecular complexity index is 679. The van der Waals surface area contributed by atoms with Gasteiger partial charge in [-0.1, -0.05) is 55.9 Å². The second kappa shape index (κ2) is 5.40. The van der Waals surface area contributed by atoms with Crippen molar-refractivity contribution in [1.82, 2.24) is 4.37 Å². The summed E-state index contributed by atoms with van der Waals surface area (Å²) < 4.78 is 4.33. The van der Waals surface area contributed by atoms with Gasteiger partial charge in [0.05, 0.1) is 4.88 Å². The van der Waals surface area contributed by atoms with Crippen molar-refractivity contribution in [1.29, 1.82) is 5.26 Å². The number of benzene rings is 1. The number of aromatic nitrogens is 1. The summed E-state index contributed by atoms with van der Waals surface area (Å²) in [5.74, 6) is 3.08. The second-order valence-electron chi connectivity index (χ2n) is 5.21. The number of nitrogens with zero attached hydrogens (tertiary/aromatic N) is 2. The van der Waals surface area contributed by atoms with Crippen molar-refractivity contribution in [2.75, 3.05) is 0 Å². The van der Waals surface area contributed by atoms with E-state index in [2.05, 4.69) is 41.5 Å². The maximum absolute atomic E-state index is 9.34. The normalized spacial score (nSPS) is 10.4. The average Bonchev–Trinajstić information content (AvgIpc) is 2.79. The topological polar surface area (TPSA) is 36.7 Å². The van der Waals surface area contributed by atoms with Gasteiger partial charge in [0.2, 0.25) is 0 Å². The third-order valence-corrected chi connectivity index (χ3v) is 4.17. The molecule has 19 heavy (non-hydrogen) atoms. The number of hydrogen-bond donors (Lipinski definition) is 0. The Kier molecular flexibility index (Phi) is 3.85. The lowest BCUT2D eigenvalue weighted by molar-refractivity contribution is 1.43. The van der Waals surface area contributed by atoms with E-state index in [4.69, 9.17) is 0 Å². The minimum atomic E-state index is -1.45. The molecule has 0 radical (unpaired) electrons. The maximum Gasteiger partial charge on any atom is 0.144 e. The van der Waals surface area contributed by atoms with Gasteiger partial charge >= 0.3 is 0 Å². The summed E-state index contributed by atoms with van der Waals surface area (Å²) in [7, 11) is -1.45. The molecule has 0 unspecified atom stereocenters. The van der Waals surface area contributed by atoms with E-state index in [0.29, 0.717) is 11.3 Å². The van der Waals surface area contributed by atoms with Gasteiger partial charge in [0.15, 0.2) is 0 Å². The van der Waals surface area contributed by atoms with Crippen LogP contribution < -0.4 is 0 Å². The molecule has 2 nitrogen and oxygen atoms in total. The fourth-order valence-corrected chi connectivity index (χ4v) is 2.80. The molecule has 0 aliphatic carbocycles. The second-order valence-corrected chi connectivity index (χ2v) is 10.7. The predicted molar refractivity (Wildman–Crippen MR) is 82.5 cm³/mol. The highest BCUT2D eigenvalue weighted by molar-refractivity contribution is 7.10. The van der Waals surface area contributed by atoms with Gasteiger partial charge in [-0.05, 0) is 17.1 Å². The molecule has 0 spiro atoms. The smallest absolute Gasteiger partial charge is 0.144 e. The zero-order valence-corrected chi connectivity index (χ0v) is 13.0. The first-order chi connectivity index (χ1) is 9.01. The average molecular weight is 282 g/mol. The van der Waals surface area contributed by atoms with Crippen molar-refractivity contribution in [2.24, 2.45) is 0 Å². The van der Waals surface area contributed by atoms with E-state index in [1.807, 2.05) is 30.3 Å². The van der Waals surface area contributed by atoms with E-state index in [-0.39, 0.29) is 0 Å². The highest BCUT2D eigenvalue weighted by atomic mass is 32.1. The molecule has 0 bridgehead atoms. The van der Waals surface area contributed by atoms with Crippen LogP contribution in [-0.4, -0.2) is 12.4 Å². The third kappa shape index (κ3) is 3.32. The largest absolute Gasteiger partial charge is 0.192 e. The minimum Gasteiger partial charge on any atom is -0.192 e. The van der Waals surface area contributed by atoms with Crippen molar-refractivity contribution < 1.29 is 0 Å². The fourth-order valence-electron chi connectivity index (χ4n) is 1.51. The summed E-state index contributed by atoms with van der Waals surface area (Å²) in [4.78, 5) is 0.906. The van der Waals surface area contributed by atoms with Crippen LogP contribution in [0.15, 0.2) is 30.3 Å². The Balaban J connectivity index is 2.48. The van der Waals surface area contributed by atoms with Gasteiger partial charge in [0, 0.05) is 0 Å². The van der Waals surface area contributed by atoms with Crippen LogP contribution in [0, 0.1) is 22.8 Å². The van der Waals surface area contributed by atoms with Gasteiger partial charge in [-0.25, -0.2) is 0 Å². The molecule has 1 aromatic heterocycles. The van der Waals surface area contributed by atoms with Crippen LogP contribution >= 0.6 is 11.5 Å². The molecule has 2 rings (SSSR count). The van der Waals surface area contributed by atoms with Gasteiger partial charge in [-0.15, -0.1) is 5.54 Å². The van der Waals surface area contributed by atoms with Crippen molar-refractivity contribution in [3.8, 4) is 28.0 Å². The Morgan fingerprint density at radius 3 is 2.42 bits per heavy atom. The molecule has 0 amide bonds. The first-order valence-electron chi connectivity index (χ1n) is 5.99. The standard InChI is InChI=1S/C15H14N2SSi/c1-19(2,3)10-9-14-13(11-16)15(18-17-14)12-7-5-4-6-8-12/h4-8H,1-3H3. The Morgan fingerprint density at radius 2 is 1.84 bits per heavy atom. The fraction of sp³-hybridized carbons (Fsp3) is 0.200. The Hall–Kier alpha value is -1.88. The first kappa shape index (κ1) is 13.5. The number of hydrogen-bond acceptors (Lipinski definition) is 3. The molecule has 0 fully saturated rings. The van der Waals surface area contributed by atoms with E-state index in [9.17, 15) is 5.26 Å². The number of nitriles is 1. The molecule has 0 atom stereocenters. The lowest BCUT2D eigenvalue weighted by Gasteiger charge is -2.02. The van der Waals surface area contributed by atoms with Crippen molar-refractivity contribution in [2.45, 2.75) is 19.6 Å². The molecule has 0 N–H and O–H groups in total. The van der Waals surface area contributed by atoms with Crippen LogP contribution in [0.4, 0.5) is 0 Å². The maximum atomic E-state index is 9.34. The monoisotopic (exact) mass is 282 g/mol. The van der Waals surface area contributed by atoms with Crippen LogP contribution in [-0.2, 0) is 0 Å². The Morgan fingerprint density at radius 1 is 1.16 bits per heavy atom. The zero-order valence-electron chi connectivity index (χ0n) is 11.2. The predicted octanol–water partition coefficient (Wildman–Crippen LogP) is 3.91. The minimum absolute atomic E-state index is 0.599. The van der Waals surface area contributed by atoms with Gasteiger partial charge in [-0.2, -0.15) is 9.64 Å². The quantitative estimate of drug-likeness (QED) is 0.587. The van der Waals surface area contributed by atoms with E-state index < -0.39 is 8.07 Å². The van der Waals surface area contributed by atoms with Gasteiger partial charge in [0.1, 0.15) is 25.4 Å². The van der Waals surface area contributed by atoms with Crippen molar-refractivity contribution in [3.05, 3.63) is 41.6 Å². The Labute approximate surface area is 118 Å². The summed E-state index contributed by atoms with van der Waals surface area (Å²) in [5, 5.41) is 9.34. The van der Waals surface area contributed by atoms with Crippen LogP contribution in [0.1, 0.15) is 11.3 Å². The van der Waals surface area contributed by atoms with Gasteiger partial charge in [0.25, 0.3) is 0 Å². The molecule has 0 aliphatic rings. The summed E-state index contributed by atoms with van der Waals surface area (Å²) in [5.41, 5.74) is 5.50. The molecular formula is C15H14N2SSi. The summed E-state index contributed by atoms with van der Waals surface area (Å²) in [6.45, 7) is 6.53. The van der Waals surface area contributed by atoms with E-state index in [1.165, 1.54) is 11.5 Å².